The van der Waals surface area contributed by atoms with Gasteiger partial charge in [0.15, 0.2) is 0 Å². The van der Waals surface area contributed by atoms with Crippen LogP contribution in [-0.2, 0) is 0 Å². The average Bonchev–Trinajstić information content (AvgIpc) is 2.19. The smallest absolute Gasteiger partial charge is 0.00165 e. The Balaban J connectivity index is 0.000000461. The SMILES string of the molecule is CC.CCC1CC2(CCN(C)CC2)C1. The van der Waals surface area contributed by atoms with Crippen LogP contribution >= 0.6 is 0 Å². The number of likely N-dealkylation sites (tertiary alicyclic amines) is 1. The third-order valence-corrected chi connectivity index (χ3v) is 4.07. The van der Waals surface area contributed by atoms with Gasteiger partial charge in [0, 0.05) is 0 Å². The summed E-state index contributed by atoms with van der Waals surface area (Å²) in [4.78, 5) is 2.48. The van der Waals surface area contributed by atoms with Crippen molar-refractivity contribution in [3.8, 4) is 0 Å². The molecule has 0 amide bonds. The highest BCUT2D eigenvalue weighted by Crippen LogP contribution is 2.53. The van der Waals surface area contributed by atoms with Crippen LogP contribution in [0.15, 0.2) is 0 Å². The minimum Gasteiger partial charge on any atom is -0.306 e. The third-order valence-electron chi connectivity index (χ3n) is 4.07. The minimum atomic E-state index is 0.813. The Morgan fingerprint density at radius 3 is 2.07 bits per heavy atom. The summed E-state index contributed by atoms with van der Waals surface area (Å²) in [7, 11) is 2.25. The van der Waals surface area contributed by atoms with E-state index in [0.29, 0.717) is 0 Å². The Morgan fingerprint density at radius 1 is 1.14 bits per heavy atom. The lowest BCUT2D eigenvalue weighted by atomic mass is 9.57. The predicted molar refractivity (Wildman–Crippen MR) is 63.5 cm³/mol. The van der Waals surface area contributed by atoms with E-state index in [1.807, 2.05) is 13.8 Å². The van der Waals surface area contributed by atoms with Crippen LogP contribution in [0.5, 0.6) is 0 Å². The van der Waals surface area contributed by atoms with Gasteiger partial charge in [-0.05, 0) is 57.2 Å². The number of hydrogen-bond donors (Lipinski definition) is 0. The number of piperidine rings is 1. The molecule has 14 heavy (non-hydrogen) atoms. The van der Waals surface area contributed by atoms with Gasteiger partial charge < -0.3 is 4.90 Å². The molecule has 1 aliphatic heterocycles. The standard InChI is InChI=1S/C11H21N.C2H6/c1-3-10-8-11(9-10)4-6-12(2)7-5-11;1-2/h10H,3-9H2,1-2H3;1-2H3. The van der Waals surface area contributed by atoms with Crippen LogP contribution in [0.2, 0.25) is 0 Å². The molecule has 2 fully saturated rings. The lowest BCUT2D eigenvalue weighted by Gasteiger charge is -2.52. The van der Waals surface area contributed by atoms with Crippen LogP contribution in [0.3, 0.4) is 0 Å². The maximum atomic E-state index is 2.48. The maximum Gasteiger partial charge on any atom is -0.00165 e. The van der Waals surface area contributed by atoms with Gasteiger partial charge >= 0.3 is 0 Å². The monoisotopic (exact) mass is 197 g/mol. The van der Waals surface area contributed by atoms with Crippen LogP contribution in [0.25, 0.3) is 0 Å². The van der Waals surface area contributed by atoms with E-state index in [2.05, 4.69) is 18.9 Å². The van der Waals surface area contributed by atoms with Crippen LogP contribution < -0.4 is 0 Å². The van der Waals surface area contributed by atoms with Crippen LogP contribution in [0.4, 0.5) is 0 Å². The molecule has 1 nitrogen and oxygen atoms in total. The van der Waals surface area contributed by atoms with E-state index >= 15 is 0 Å². The van der Waals surface area contributed by atoms with Crippen molar-refractivity contribution < 1.29 is 0 Å². The van der Waals surface area contributed by atoms with Gasteiger partial charge in [0.1, 0.15) is 0 Å². The Bertz CT molecular complexity index is 141. The van der Waals surface area contributed by atoms with E-state index in [4.69, 9.17) is 0 Å². The Labute approximate surface area is 89.9 Å². The molecule has 0 bridgehead atoms. The van der Waals surface area contributed by atoms with Crippen LogP contribution in [-0.4, -0.2) is 25.0 Å². The van der Waals surface area contributed by atoms with E-state index in [9.17, 15) is 0 Å². The molecule has 1 aliphatic carbocycles. The quantitative estimate of drug-likeness (QED) is 0.621. The number of hydrogen-bond acceptors (Lipinski definition) is 1. The third kappa shape index (κ3) is 2.50. The topological polar surface area (TPSA) is 3.24 Å². The van der Waals surface area contributed by atoms with Gasteiger partial charge in [-0.1, -0.05) is 27.2 Å². The first-order valence-corrected chi connectivity index (χ1v) is 6.43. The molecule has 0 radical (unpaired) electrons. The molecule has 0 aromatic carbocycles. The van der Waals surface area contributed by atoms with Crippen molar-refractivity contribution in [2.24, 2.45) is 11.3 Å². The molecule has 1 heterocycles. The summed E-state index contributed by atoms with van der Waals surface area (Å²) in [5.41, 5.74) is 0.813. The first-order chi connectivity index (χ1) is 6.74. The van der Waals surface area contributed by atoms with E-state index in [1.54, 1.807) is 0 Å². The lowest BCUT2D eigenvalue weighted by molar-refractivity contribution is -0.00807. The molecule has 84 valence electrons. The molecule has 1 spiro atoms. The minimum absolute atomic E-state index is 0.813. The molecule has 1 heteroatoms. The maximum absolute atomic E-state index is 2.48. The zero-order valence-corrected chi connectivity index (χ0v) is 10.5. The summed E-state index contributed by atoms with van der Waals surface area (Å²) in [5, 5.41) is 0. The van der Waals surface area contributed by atoms with Crippen molar-refractivity contribution in [3.05, 3.63) is 0 Å². The van der Waals surface area contributed by atoms with Crippen molar-refractivity contribution in [2.75, 3.05) is 20.1 Å². The van der Waals surface area contributed by atoms with Crippen molar-refractivity contribution in [3.63, 3.8) is 0 Å². The number of nitrogens with zero attached hydrogens (tertiary/aromatic N) is 1. The molecule has 0 unspecified atom stereocenters. The molecule has 2 rings (SSSR count). The van der Waals surface area contributed by atoms with Gasteiger partial charge in [0.25, 0.3) is 0 Å². The zero-order chi connectivity index (χ0) is 10.6. The second kappa shape index (κ2) is 5.16. The molecule has 1 saturated heterocycles. The van der Waals surface area contributed by atoms with Gasteiger partial charge in [0.05, 0.1) is 0 Å². The van der Waals surface area contributed by atoms with Crippen molar-refractivity contribution in [1.82, 2.24) is 4.90 Å². The second-order valence-electron chi connectivity index (χ2n) is 4.99. The van der Waals surface area contributed by atoms with Gasteiger partial charge in [-0.2, -0.15) is 0 Å². The fourth-order valence-electron chi connectivity index (χ4n) is 2.95. The van der Waals surface area contributed by atoms with Crippen LogP contribution in [0.1, 0.15) is 52.9 Å². The molecule has 2 aliphatic rings. The Hall–Kier alpha value is -0.0400. The summed E-state index contributed by atoms with van der Waals surface area (Å²) in [6.07, 6.45) is 7.44. The van der Waals surface area contributed by atoms with E-state index in [-0.39, 0.29) is 0 Å². The van der Waals surface area contributed by atoms with Crippen molar-refractivity contribution in [2.45, 2.75) is 52.9 Å². The summed E-state index contributed by atoms with van der Waals surface area (Å²) in [6, 6.07) is 0. The molecular formula is C13H27N. The highest BCUT2D eigenvalue weighted by molar-refractivity contribution is 4.95. The molecule has 0 atom stereocenters. The zero-order valence-electron chi connectivity index (χ0n) is 10.5. The molecule has 0 N–H and O–H groups in total. The Kier molecular flexibility index (Phi) is 4.43. The molecule has 0 aromatic heterocycles. The summed E-state index contributed by atoms with van der Waals surface area (Å²) < 4.78 is 0. The predicted octanol–water partition coefficient (Wildman–Crippen LogP) is 3.54. The highest BCUT2D eigenvalue weighted by atomic mass is 15.1. The summed E-state index contributed by atoms with van der Waals surface area (Å²) >= 11 is 0. The number of rotatable bonds is 1. The van der Waals surface area contributed by atoms with E-state index in [0.717, 1.165) is 11.3 Å². The van der Waals surface area contributed by atoms with Crippen LogP contribution in [0, 0.1) is 11.3 Å². The lowest BCUT2D eigenvalue weighted by Crippen LogP contribution is -2.45. The highest BCUT2D eigenvalue weighted by Gasteiger charge is 2.44. The molecule has 0 aromatic rings. The fourth-order valence-corrected chi connectivity index (χ4v) is 2.95. The average molecular weight is 197 g/mol. The van der Waals surface area contributed by atoms with E-state index in [1.165, 1.54) is 45.2 Å². The second-order valence-corrected chi connectivity index (χ2v) is 4.99. The van der Waals surface area contributed by atoms with Crippen molar-refractivity contribution >= 4 is 0 Å². The largest absolute Gasteiger partial charge is 0.306 e. The van der Waals surface area contributed by atoms with Gasteiger partial charge in [-0.25, -0.2) is 0 Å². The molecular weight excluding hydrogens is 170 g/mol. The Morgan fingerprint density at radius 2 is 1.64 bits per heavy atom. The van der Waals surface area contributed by atoms with Crippen molar-refractivity contribution in [1.29, 1.82) is 0 Å². The van der Waals surface area contributed by atoms with E-state index < -0.39 is 0 Å². The molecule has 1 saturated carbocycles. The summed E-state index contributed by atoms with van der Waals surface area (Å²) in [5.74, 6) is 1.08. The first kappa shape index (κ1) is 12.0. The van der Waals surface area contributed by atoms with Gasteiger partial charge in [-0.15, -0.1) is 0 Å². The summed E-state index contributed by atoms with van der Waals surface area (Å²) in [6.45, 7) is 9.03. The van der Waals surface area contributed by atoms with Gasteiger partial charge in [0.2, 0.25) is 0 Å². The fraction of sp³-hybridized carbons (Fsp3) is 1.00. The first-order valence-electron chi connectivity index (χ1n) is 6.43. The normalized spacial score (nSPS) is 26.6. The van der Waals surface area contributed by atoms with Gasteiger partial charge in [-0.3, -0.25) is 0 Å².